The predicted octanol–water partition coefficient (Wildman–Crippen LogP) is 4.74. The first-order valence-electron chi connectivity index (χ1n) is 8.79. The molecule has 3 rings (SSSR count). The Morgan fingerprint density at radius 1 is 1.06 bits per heavy atom. The Morgan fingerprint density at radius 3 is 2.50 bits per heavy atom. The van der Waals surface area contributed by atoms with E-state index in [1.54, 1.807) is 30.5 Å². The molecule has 12 heteroatoms. The minimum absolute atomic E-state index is 0.102. The van der Waals surface area contributed by atoms with Gasteiger partial charge in [0.05, 0.1) is 17.8 Å². The molecule has 9 nitrogen and oxygen atoms in total. The summed E-state index contributed by atoms with van der Waals surface area (Å²) in [7, 11) is 0. The van der Waals surface area contributed by atoms with Gasteiger partial charge in [-0.15, -0.1) is 0 Å². The zero-order valence-electron chi connectivity index (χ0n) is 16.2. The smallest absolute Gasteiger partial charge is 0.272 e. The normalized spacial score (nSPS) is 10.2. The maximum absolute atomic E-state index is 13.2. The number of halogens is 3. The van der Waals surface area contributed by atoms with Gasteiger partial charge in [0.15, 0.2) is 0 Å². The van der Waals surface area contributed by atoms with Crippen LogP contribution in [-0.2, 0) is 4.79 Å². The van der Waals surface area contributed by atoms with Gasteiger partial charge in [0.2, 0.25) is 11.6 Å². The summed E-state index contributed by atoms with van der Waals surface area (Å²) in [5, 5.41) is 2.72. The minimum Gasteiger partial charge on any atom is -0.319 e. The van der Waals surface area contributed by atoms with Crippen LogP contribution in [0.4, 0.5) is 11.4 Å². The molecule has 0 aliphatic carbocycles. The highest BCUT2D eigenvalue weighted by Crippen LogP contribution is 2.32. The van der Waals surface area contributed by atoms with Crippen molar-refractivity contribution in [3.63, 3.8) is 0 Å². The van der Waals surface area contributed by atoms with Crippen LogP contribution in [0.1, 0.15) is 27.8 Å². The highest BCUT2D eigenvalue weighted by atomic mass is 79.9. The number of hydrazine groups is 1. The van der Waals surface area contributed by atoms with Crippen LogP contribution >= 0.6 is 47.8 Å². The predicted molar refractivity (Wildman–Crippen MR) is 129 cm³/mol. The summed E-state index contributed by atoms with van der Waals surface area (Å²) >= 11 is 10.0. The number of carbonyl (C=O) groups excluding carboxylic acids is 3. The second-order valence-corrected chi connectivity index (χ2v) is 8.96. The van der Waals surface area contributed by atoms with E-state index in [2.05, 4.69) is 73.8 Å². The molecule has 2 aromatic heterocycles. The van der Waals surface area contributed by atoms with Crippen molar-refractivity contribution in [3.8, 4) is 5.82 Å². The molecule has 3 N–H and O–H groups in total. The Morgan fingerprint density at radius 2 is 1.81 bits per heavy atom. The lowest BCUT2D eigenvalue weighted by Crippen LogP contribution is -2.40. The number of aromatic nitrogens is 2. The molecule has 0 fully saturated rings. The van der Waals surface area contributed by atoms with Crippen LogP contribution in [0.25, 0.3) is 10.7 Å². The van der Waals surface area contributed by atoms with Gasteiger partial charge >= 0.3 is 0 Å². The van der Waals surface area contributed by atoms with Crippen LogP contribution in [0, 0.1) is 6.57 Å². The fourth-order valence-electron chi connectivity index (χ4n) is 2.71. The fourth-order valence-corrected chi connectivity index (χ4v) is 4.46. The Kier molecular flexibility index (Phi) is 7.44. The number of amides is 3. The lowest BCUT2D eigenvalue weighted by Gasteiger charge is -2.15. The quantitative estimate of drug-likeness (QED) is 0.288. The molecule has 32 heavy (non-hydrogen) atoms. The molecule has 0 radical (unpaired) electrons. The summed E-state index contributed by atoms with van der Waals surface area (Å²) in [5.41, 5.74) is 5.23. The number of benzene rings is 1. The highest BCUT2D eigenvalue weighted by Gasteiger charge is 2.22. The zero-order chi connectivity index (χ0) is 23.4. The first kappa shape index (κ1) is 23.6. The Labute approximate surface area is 207 Å². The van der Waals surface area contributed by atoms with Gasteiger partial charge in [-0.05, 0) is 50.1 Å². The van der Waals surface area contributed by atoms with E-state index in [0.29, 0.717) is 13.4 Å². The molecule has 0 saturated carbocycles. The average Bonchev–Trinajstić information content (AvgIpc) is 3.15. The topological polar surface area (TPSA) is 109 Å². The van der Waals surface area contributed by atoms with E-state index < -0.39 is 17.7 Å². The van der Waals surface area contributed by atoms with Gasteiger partial charge in [-0.3, -0.25) is 30.2 Å². The van der Waals surface area contributed by atoms with Crippen molar-refractivity contribution in [1.82, 2.24) is 20.4 Å². The molecule has 0 unspecified atom stereocenters. The van der Waals surface area contributed by atoms with E-state index in [4.69, 9.17) is 6.57 Å². The van der Waals surface area contributed by atoms with E-state index in [1.807, 2.05) is 0 Å². The van der Waals surface area contributed by atoms with Gasteiger partial charge in [-0.2, -0.15) is 0 Å². The molecule has 0 aliphatic heterocycles. The Balaban J connectivity index is 2.01. The molecule has 162 valence electrons. The summed E-state index contributed by atoms with van der Waals surface area (Å²) in [6.07, 6.45) is 3.14. The summed E-state index contributed by atoms with van der Waals surface area (Å²) < 4.78 is 3.10. The summed E-state index contributed by atoms with van der Waals surface area (Å²) in [4.78, 5) is 44.6. The SMILES string of the molecule is [C-]#[N+]c1cccnc1-n1cc(Br)cc1C(=O)Nc1c(Br)cc(Br)cc1C(=O)NNC(C)=O. The molecule has 2 heterocycles. The van der Waals surface area contributed by atoms with Gasteiger partial charge in [-0.1, -0.05) is 28.1 Å². The second kappa shape index (κ2) is 10.1. The minimum atomic E-state index is -0.630. The lowest BCUT2D eigenvalue weighted by molar-refractivity contribution is -0.119. The first-order chi connectivity index (χ1) is 15.2. The van der Waals surface area contributed by atoms with Crippen LogP contribution in [-0.4, -0.2) is 27.3 Å². The van der Waals surface area contributed by atoms with Crippen molar-refractivity contribution in [3.05, 3.63) is 78.8 Å². The van der Waals surface area contributed by atoms with Gasteiger partial charge in [-0.25, -0.2) is 4.85 Å². The Hall–Kier alpha value is -3.01. The number of anilines is 1. The molecule has 1 aromatic carbocycles. The standard InChI is InChI=1S/C20H13Br3N6O3/c1-10(30)27-28-19(31)13-6-11(21)7-14(23)17(13)26-20(32)16-8-12(22)9-29(16)18-15(24-2)4-3-5-25-18/h3-9H,1H3,(H,26,32)(H,27,30)(H,28,31). The maximum atomic E-state index is 13.2. The van der Waals surface area contributed by atoms with Gasteiger partial charge in [0.1, 0.15) is 11.5 Å². The van der Waals surface area contributed by atoms with Crippen molar-refractivity contribution in [2.75, 3.05) is 5.32 Å². The number of nitrogens with zero attached hydrogens (tertiary/aromatic N) is 3. The molecule has 3 aromatic rings. The van der Waals surface area contributed by atoms with Crippen LogP contribution in [0.15, 0.2) is 56.1 Å². The van der Waals surface area contributed by atoms with E-state index in [0.717, 1.165) is 0 Å². The van der Waals surface area contributed by atoms with Gasteiger partial charge in [0.25, 0.3) is 11.8 Å². The molecule has 0 atom stereocenters. The summed E-state index contributed by atoms with van der Waals surface area (Å²) in [6, 6.07) is 7.97. The third-order valence-corrected chi connectivity index (χ3v) is 5.54. The molecule has 0 spiro atoms. The zero-order valence-corrected chi connectivity index (χ0v) is 21.0. The van der Waals surface area contributed by atoms with Crippen molar-refractivity contribution in [2.45, 2.75) is 6.92 Å². The molecule has 0 saturated heterocycles. The lowest BCUT2D eigenvalue weighted by atomic mass is 10.1. The van der Waals surface area contributed by atoms with Crippen molar-refractivity contribution >= 4 is 76.9 Å². The highest BCUT2D eigenvalue weighted by molar-refractivity contribution is 9.11. The number of hydrogen-bond acceptors (Lipinski definition) is 4. The van der Waals surface area contributed by atoms with Crippen molar-refractivity contribution in [2.24, 2.45) is 0 Å². The molecule has 0 bridgehead atoms. The average molecular weight is 625 g/mol. The third-order valence-electron chi connectivity index (χ3n) is 4.02. The number of nitrogens with one attached hydrogen (secondary N) is 3. The number of rotatable bonds is 4. The fraction of sp³-hybridized carbons (Fsp3) is 0.0500. The van der Waals surface area contributed by atoms with E-state index in [-0.39, 0.29) is 28.5 Å². The van der Waals surface area contributed by atoms with Crippen molar-refractivity contribution < 1.29 is 14.4 Å². The maximum Gasteiger partial charge on any atom is 0.272 e. The van der Waals surface area contributed by atoms with Crippen LogP contribution < -0.4 is 16.2 Å². The van der Waals surface area contributed by atoms with Gasteiger partial charge < -0.3 is 9.88 Å². The monoisotopic (exact) mass is 622 g/mol. The molecular weight excluding hydrogens is 612 g/mol. The second-order valence-electron chi connectivity index (χ2n) is 6.27. The first-order valence-corrected chi connectivity index (χ1v) is 11.2. The molecule has 3 amide bonds. The van der Waals surface area contributed by atoms with E-state index in [9.17, 15) is 14.4 Å². The number of carbonyl (C=O) groups is 3. The molecular formula is C20H13Br3N6O3. The summed E-state index contributed by atoms with van der Waals surface area (Å²) in [5.74, 6) is -1.34. The largest absolute Gasteiger partial charge is 0.319 e. The Bertz CT molecular complexity index is 1280. The van der Waals surface area contributed by atoms with Crippen LogP contribution in [0.3, 0.4) is 0 Å². The number of hydrogen-bond donors (Lipinski definition) is 3. The summed E-state index contributed by atoms with van der Waals surface area (Å²) in [6.45, 7) is 8.62. The molecule has 0 aliphatic rings. The van der Waals surface area contributed by atoms with Gasteiger partial charge in [0, 0.05) is 32.7 Å². The van der Waals surface area contributed by atoms with Crippen LogP contribution in [0.2, 0.25) is 0 Å². The number of pyridine rings is 1. The third kappa shape index (κ3) is 5.24. The van der Waals surface area contributed by atoms with E-state index >= 15 is 0 Å². The van der Waals surface area contributed by atoms with Crippen LogP contribution in [0.5, 0.6) is 0 Å². The van der Waals surface area contributed by atoms with Crippen molar-refractivity contribution in [1.29, 1.82) is 0 Å². The van der Waals surface area contributed by atoms with E-state index in [1.165, 1.54) is 23.8 Å².